The summed E-state index contributed by atoms with van der Waals surface area (Å²) in [6.45, 7) is 3.79. The van der Waals surface area contributed by atoms with Gasteiger partial charge in [-0.3, -0.25) is 0 Å². The molecule has 0 aliphatic rings. The Morgan fingerprint density at radius 2 is 2.05 bits per heavy atom. The van der Waals surface area contributed by atoms with Crippen molar-refractivity contribution in [2.75, 3.05) is 31.7 Å². The van der Waals surface area contributed by atoms with Crippen LogP contribution in [0.2, 0.25) is 0 Å². The minimum Gasteiger partial charge on any atom is -0.476 e. The molecule has 1 rings (SSSR count). The van der Waals surface area contributed by atoms with Crippen LogP contribution in [0.3, 0.4) is 0 Å². The molecule has 1 heterocycles. The highest BCUT2D eigenvalue weighted by atomic mass is 32.2. The van der Waals surface area contributed by atoms with E-state index in [0.29, 0.717) is 5.82 Å². The molecule has 0 aromatic carbocycles. The van der Waals surface area contributed by atoms with Crippen LogP contribution in [0, 0.1) is 0 Å². The third kappa shape index (κ3) is 4.64. The summed E-state index contributed by atoms with van der Waals surface area (Å²) < 4.78 is 24.4. The molecule has 0 aliphatic carbocycles. The van der Waals surface area contributed by atoms with Crippen molar-refractivity contribution in [3.05, 3.63) is 17.7 Å². The molecule has 0 saturated heterocycles. The number of carboxylic acids is 1. The fraction of sp³-hybridized carbons (Fsp3) is 0.583. The fourth-order valence-electron chi connectivity index (χ4n) is 1.46. The molecule has 2 N–H and O–H groups in total. The van der Waals surface area contributed by atoms with Crippen LogP contribution in [0.4, 0.5) is 5.69 Å². The van der Waals surface area contributed by atoms with Crippen molar-refractivity contribution in [2.24, 2.45) is 0 Å². The molecule has 0 amide bonds. The minimum absolute atomic E-state index is 0.00580. The van der Waals surface area contributed by atoms with Gasteiger partial charge in [0.2, 0.25) is 10.0 Å². The molecule has 0 aliphatic heterocycles. The van der Waals surface area contributed by atoms with Gasteiger partial charge in [0.1, 0.15) is 5.82 Å². The Labute approximate surface area is 124 Å². The molecule has 1 aromatic heterocycles. The van der Waals surface area contributed by atoms with Gasteiger partial charge in [0.15, 0.2) is 5.69 Å². The van der Waals surface area contributed by atoms with Gasteiger partial charge in [-0.2, -0.15) is 0 Å². The average molecular weight is 316 g/mol. The molecule has 0 fully saturated rings. The second-order valence-corrected chi connectivity index (χ2v) is 7.28. The number of aromatic carboxylic acids is 1. The lowest BCUT2D eigenvalue weighted by Crippen LogP contribution is -2.28. The van der Waals surface area contributed by atoms with Gasteiger partial charge in [0, 0.05) is 26.6 Å². The van der Waals surface area contributed by atoms with E-state index in [1.165, 1.54) is 20.3 Å². The number of nitrogens with one attached hydrogen (secondary N) is 1. The van der Waals surface area contributed by atoms with E-state index in [1.54, 1.807) is 0 Å². The Hall–Kier alpha value is -1.74. The highest BCUT2D eigenvalue weighted by Gasteiger charge is 2.17. The number of rotatable bonds is 7. The second kappa shape index (κ2) is 6.81. The van der Waals surface area contributed by atoms with Gasteiger partial charge >= 0.3 is 5.97 Å². The van der Waals surface area contributed by atoms with Crippen LogP contribution in [0.15, 0.2) is 6.20 Å². The normalized spacial score (nSPS) is 11.9. The molecule has 0 bridgehead atoms. The van der Waals surface area contributed by atoms with Gasteiger partial charge in [-0.1, -0.05) is 13.8 Å². The van der Waals surface area contributed by atoms with E-state index in [2.05, 4.69) is 15.3 Å². The number of carboxylic acid groups (broad SMARTS) is 1. The number of hydrogen-bond acceptors (Lipinski definition) is 6. The van der Waals surface area contributed by atoms with Crippen molar-refractivity contribution < 1.29 is 18.3 Å². The Bertz CT molecular complexity index is 614. The average Bonchev–Trinajstić information content (AvgIpc) is 2.38. The summed E-state index contributed by atoms with van der Waals surface area (Å²) >= 11 is 0. The second-order valence-electron chi connectivity index (χ2n) is 4.98. The maximum Gasteiger partial charge on any atom is 0.356 e. The molecule has 0 atom stereocenters. The molecule has 9 heteroatoms. The van der Waals surface area contributed by atoms with Crippen molar-refractivity contribution in [2.45, 2.75) is 19.8 Å². The number of aromatic nitrogens is 2. The first-order valence-electron chi connectivity index (χ1n) is 6.39. The Morgan fingerprint density at radius 3 is 2.52 bits per heavy atom. The largest absolute Gasteiger partial charge is 0.476 e. The van der Waals surface area contributed by atoms with Gasteiger partial charge in [-0.05, 0) is 0 Å². The zero-order valence-electron chi connectivity index (χ0n) is 12.5. The van der Waals surface area contributed by atoms with E-state index in [4.69, 9.17) is 5.11 Å². The van der Waals surface area contributed by atoms with E-state index in [-0.39, 0.29) is 29.6 Å². The number of anilines is 1. The van der Waals surface area contributed by atoms with Crippen LogP contribution in [-0.2, 0) is 10.0 Å². The summed E-state index contributed by atoms with van der Waals surface area (Å²) in [5.74, 6) is -0.896. The predicted octanol–water partition coefficient (Wildman–Crippen LogP) is 0.602. The van der Waals surface area contributed by atoms with Crippen molar-refractivity contribution in [3.8, 4) is 0 Å². The first-order valence-corrected chi connectivity index (χ1v) is 8.00. The first-order chi connectivity index (χ1) is 9.65. The van der Waals surface area contributed by atoms with E-state index in [1.807, 2.05) is 13.8 Å². The SMILES string of the molecule is CC(C)c1ncc(NCCS(=O)(=O)N(C)C)c(C(=O)O)n1. The quantitative estimate of drug-likeness (QED) is 0.757. The summed E-state index contributed by atoms with van der Waals surface area (Å²) in [5, 5.41) is 11.9. The zero-order chi connectivity index (χ0) is 16.2. The standard InChI is InChI=1S/C12H20N4O4S/c1-8(2)11-14-7-9(10(15-11)12(17)18)13-5-6-21(19,20)16(3)4/h7-8,13H,5-6H2,1-4H3,(H,17,18). The molecule has 118 valence electrons. The summed E-state index contributed by atoms with van der Waals surface area (Å²) in [5.41, 5.74) is 0.0526. The number of nitrogens with zero attached hydrogens (tertiary/aromatic N) is 3. The van der Waals surface area contributed by atoms with Crippen LogP contribution in [0.1, 0.15) is 36.1 Å². The lowest BCUT2D eigenvalue weighted by molar-refractivity contribution is 0.0691. The Morgan fingerprint density at radius 1 is 1.43 bits per heavy atom. The molecular formula is C12H20N4O4S. The Kier molecular flexibility index (Phi) is 5.62. The zero-order valence-corrected chi connectivity index (χ0v) is 13.3. The molecule has 8 nitrogen and oxygen atoms in total. The lowest BCUT2D eigenvalue weighted by Gasteiger charge is -2.13. The van der Waals surface area contributed by atoms with E-state index in [0.717, 1.165) is 4.31 Å². The maximum atomic E-state index is 11.6. The smallest absolute Gasteiger partial charge is 0.356 e. The predicted molar refractivity (Wildman–Crippen MR) is 79.0 cm³/mol. The highest BCUT2D eigenvalue weighted by molar-refractivity contribution is 7.89. The van der Waals surface area contributed by atoms with Gasteiger partial charge in [-0.15, -0.1) is 0 Å². The van der Waals surface area contributed by atoms with Crippen molar-refractivity contribution in [3.63, 3.8) is 0 Å². The number of sulfonamides is 1. The van der Waals surface area contributed by atoms with Crippen LogP contribution < -0.4 is 5.32 Å². The lowest BCUT2D eigenvalue weighted by atomic mass is 10.2. The highest BCUT2D eigenvalue weighted by Crippen LogP contribution is 2.16. The maximum absolute atomic E-state index is 11.6. The van der Waals surface area contributed by atoms with Crippen LogP contribution in [0.25, 0.3) is 0 Å². The number of hydrogen-bond donors (Lipinski definition) is 2. The molecule has 0 spiro atoms. The summed E-state index contributed by atoms with van der Waals surface area (Å²) in [6, 6.07) is 0. The summed E-state index contributed by atoms with van der Waals surface area (Å²) in [4.78, 5) is 19.3. The Balaban J connectivity index is 2.87. The van der Waals surface area contributed by atoms with Crippen molar-refractivity contribution in [1.82, 2.24) is 14.3 Å². The topological polar surface area (TPSA) is 112 Å². The van der Waals surface area contributed by atoms with Crippen molar-refractivity contribution >= 4 is 21.7 Å². The van der Waals surface area contributed by atoms with E-state index in [9.17, 15) is 13.2 Å². The van der Waals surface area contributed by atoms with Gasteiger partial charge < -0.3 is 10.4 Å². The monoisotopic (exact) mass is 316 g/mol. The van der Waals surface area contributed by atoms with E-state index >= 15 is 0 Å². The van der Waals surface area contributed by atoms with Gasteiger partial charge in [0.25, 0.3) is 0 Å². The summed E-state index contributed by atoms with van der Waals surface area (Å²) in [6.07, 6.45) is 1.37. The number of carbonyl (C=O) groups is 1. The molecule has 21 heavy (non-hydrogen) atoms. The molecule has 0 saturated carbocycles. The van der Waals surface area contributed by atoms with Crippen molar-refractivity contribution in [1.29, 1.82) is 0 Å². The molecule has 1 aromatic rings. The molecule has 0 unspecified atom stereocenters. The third-order valence-corrected chi connectivity index (χ3v) is 4.59. The molecular weight excluding hydrogens is 296 g/mol. The minimum atomic E-state index is -3.34. The van der Waals surface area contributed by atoms with Crippen LogP contribution in [0.5, 0.6) is 0 Å². The van der Waals surface area contributed by atoms with Gasteiger partial charge in [-0.25, -0.2) is 27.5 Å². The van der Waals surface area contributed by atoms with E-state index < -0.39 is 16.0 Å². The van der Waals surface area contributed by atoms with Crippen LogP contribution in [-0.4, -0.2) is 60.2 Å². The first kappa shape index (κ1) is 17.3. The van der Waals surface area contributed by atoms with Crippen LogP contribution >= 0.6 is 0 Å². The molecule has 0 radical (unpaired) electrons. The third-order valence-electron chi connectivity index (χ3n) is 2.76. The fourth-order valence-corrected chi connectivity index (χ4v) is 2.19. The summed E-state index contributed by atoms with van der Waals surface area (Å²) in [7, 11) is -0.454. The van der Waals surface area contributed by atoms with Gasteiger partial charge in [0.05, 0.1) is 17.6 Å².